The summed E-state index contributed by atoms with van der Waals surface area (Å²) >= 11 is 0. The molecule has 0 spiro atoms. The first-order valence-electron chi connectivity index (χ1n) is 5.55. The van der Waals surface area contributed by atoms with E-state index in [0.29, 0.717) is 0 Å². The number of hydrogen-bond acceptors (Lipinski definition) is 3. The van der Waals surface area contributed by atoms with Crippen molar-refractivity contribution >= 4 is 0 Å². The third-order valence-electron chi connectivity index (χ3n) is 2.38. The molecule has 0 aromatic carbocycles. The van der Waals surface area contributed by atoms with Crippen LogP contribution in [-0.4, -0.2) is 29.5 Å². The lowest BCUT2D eigenvalue weighted by molar-refractivity contribution is 0.296. The van der Waals surface area contributed by atoms with Gasteiger partial charge in [0.05, 0.1) is 0 Å². The van der Waals surface area contributed by atoms with Gasteiger partial charge in [-0.1, -0.05) is 19.4 Å². The Balaban J connectivity index is 2.33. The van der Waals surface area contributed by atoms with Gasteiger partial charge in [-0.25, -0.2) is 0 Å². The molecule has 0 aliphatic rings. The highest BCUT2D eigenvalue weighted by molar-refractivity contribution is 5.07. The van der Waals surface area contributed by atoms with Crippen LogP contribution in [0.2, 0.25) is 0 Å². The first kappa shape index (κ1) is 12.1. The van der Waals surface area contributed by atoms with Crippen LogP contribution in [0, 0.1) is 0 Å². The number of likely N-dealkylation sites (N-methyl/N-ethyl adjacent to an activating group) is 1. The van der Waals surface area contributed by atoms with Crippen LogP contribution in [0.3, 0.4) is 0 Å². The second-order valence-corrected chi connectivity index (χ2v) is 4.11. The van der Waals surface area contributed by atoms with Crippen LogP contribution in [0.15, 0.2) is 24.5 Å². The molecule has 15 heavy (non-hydrogen) atoms. The van der Waals surface area contributed by atoms with E-state index >= 15 is 0 Å². The van der Waals surface area contributed by atoms with Crippen molar-refractivity contribution in [3.63, 3.8) is 0 Å². The predicted molar refractivity (Wildman–Crippen MR) is 63.5 cm³/mol. The van der Waals surface area contributed by atoms with Gasteiger partial charge in [-0.2, -0.15) is 0 Å². The molecule has 0 amide bonds. The highest BCUT2D eigenvalue weighted by Gasteiger charge is 2.06. The normalized spacial score (nSPS) is 13.1. The van der Waals surface area contributed by atoms with Gasteiger partial charge in [0.15, 0.2) is 0 Å². The summed E-state index contributed by atoms with van der Waals surface area (Å²) in [5.74, 6) is 0. The third-order valence-corrected chi connectivity index (χ3v) is 2.38. The molecule has 1 atom stereocenters. The zero-order valence-corrected chi connectivity index (χ0v) is 9.69. The maximum atomic E-state index is 5.98. The summed E-state index contributed by atoms with van der Waals surface area (Å²) in [5.41, 5.74) is 7.22. The van der Waals surface area contributed by atoms with Crippen LogP contribution < -0.4 is 5.73 Å². The summed E-state index contributed by atoms with van der Waals surface area (Å²) in [4.78, 5) is 6.34. The average molecular weight is 207 g/mol. The highest BCUT2D eigenvalue weighted by Crippen LogP contribution is 2.02. The summed E-state index contributed by atoms with van der Waals surface area (Å²) in [7, 11) is 2.10. The molecule has 1 rings (SSSR count). The Morgan fingerprint density at radius 3 is 2.93 bits per heavy atom. The van der Waals surface area contributed by atoms with E-state index in [2.05, 4.69) is 29.9 Å². The fourth-order valence-electron chi connectivity index (χ4n) is 1.73. The Hall–Kier alpha value is -0.930. The number of nitrogens with zero attached hydrogens (tertiary/aromatic N) is 2. The molecule has 0 aliphatic heterocycles. The van der Waals surface area contributed by atoms with Gasteiger partial charge in [-0.3, -0.25) is 4.98 Å². The lowest BCUT2D eigenvalue weighted by atomic mass is 10.1. The Morgan fingerprint density at radius 2 is 2.33 bits per heavy atom. The van der Waals surface area contributed by atoms with Crippen LogP contribution in [0.4, 0.5) is 0 Å². The number of hydrogen-bond donors (Lipinski definition) is 1. The number of rotatable bonds is 6. The van der Waals surface area contributed by atoms with Crippen molar-refractivity contribution in [3.05, 3.63) is 30.1 Å². The van der Waals surface area contributed by atoms with E-state index in [9.17, 15) is 0 Å². The second-order valence-electron chi connectivity index (χ2n) is 4.11. The maximum Gasteiger partial charge on any atom is 0.0312 e. The fraction of sp³-hybridized carbons (Fsp3) is 0.583. The molecule has 1 heterocycles. The van der Waals surface area contributed by atoms with Crippen LogP contribution in [0.1, 0.15) is 25.3 Å². The van der Waals surface area contributed by atoms with Crippen LogP contribution in [-0.2, 0) is 6.54 Å². The number of pyridine rings is 1. The van der Waals surface area contributed by atoms with E-state index in [-0.39, 0.29) is 6.04 Å². The van der Waals surface area contributed by atoms with Crippen LogP contribution in [0.5, 0.6) is 0 Å². The monoisotopic (exact) mass is 207 g/mol. The smallest absolute Gasteiger partial charge is 0.0312 e. The molecule has 0 saturated heterocycles. The molecule has 3 nitrogen and oxygen atoms in total. The summed E-state index contributed by atoms with van der Waals surface area (Å²) < 4.78 is 0. The van der Waals surface area contributed by atoms with Gasteiger partial charge in [0, 0.05) is 31.5 Å². The summed E-state index contributed by atoms with van der Waals surface area (Å²) in [6.45, 7) is 4.04. The van der Waals surface area contributed by atoms with Gasteiger partial charge in [-0.05, 0) is 25.1 Å². The SMILES string of the molecule is CCCC(N)CN(C)Cc1cccnc1. The van der Waals surface area contributed by atoms with E-state index in [1.807, 2.05) is 12.3 Å². The minimum atomic E-state index is 0.289. The molecule has 3 heteroatoms. The molecule has 1 aromatic heterocycles. The lowest BCUT2D eigenvalue weighted by Crippen LogP contribution is -2.34. The molecule has 2 N–H and O–H groups in total. The molecular weight excluding hydrogens is 186 g/mol. The largest absolute Gasteiger partial charge is 0.327 e. The van der Waals surface area contributed by atoms with Gasteiger partial charge in [0.2, 0.25) is 0 Å². The molecule has 0 bridgehead atoms. The van der Waals surface area contributed by atoms with E-state index in [1.165, 1.54) is 5.56 Å². The van der Waals surface area contributed by atoms with E-state index in [4.69, 9.17) is 5.73 Å². The van der Waals surface area contributed by atoms with E-state index in [1.54, 1.807) is 6.20 Å². The molecule has 0 fully saturated rings. The second kappa shape index (κ2) is 6.53. The third kappa shape index (κ3) is 4.91. The van der Waals surface area contributed by atoms with E-state index in [0.717, 1.165) is 25.9 Å². The molecule has 1 aromatic rings. The van der Waals surface area contributed by atoms with Gasteiger partial charge < -0.3 is 10.6 Å². The van der Waals surface area contributed by atoms with Crippen molar-refractivity contribution in [3.8, 4) is 0 Å². The minimum Gasteiger partial charge on any atom is -0.327 e. The Morgan fingerprint density at radius 1 is 1.53 bits per heavy atom. The zero-order valence-electron chi connectivity index (χ0n) is 9.69. The van der Waals surface area contributed by atoms with Crippen molar-refractivity contribution in [2.24, 2.45) is 5.73 Å². The summed E-state index contributed by atoms with van der Waals surface area (Å²) in [5, 5.41) is 0. The quantitative estimate of drug-likeness (QED) is 0.771. The molecule has 84 valence electrons. The van der Waals surface area contributed by atoms with Crippen molar-refractivity contribution in [1.82, 2.24) is 9.88 Å². The van der Waals surface area contributed by atoms with Gasteiger partial charge >= 0.3 is 0 Å². The van der Waals surface area contributed by atoms with Crippen LogP contribution >= 0.6 is 0 Å². The van der Waals surface area contributed by atoms with Crippen molar-refractivity contribution in [2.45, 2.75) is 32.4 Å². The molecule has 0 radical (unpaired) electrons. The number of nitrogens with two attached hydrogens (primary N) is 1. The topological polar surface area (TPSA) is 42.1 Å². The molecular formula is C12H21N3. The first-order valence-corrected chi connectivity index (χ1v) is 5.55. The highest BCUT2D eigenvalue weighted by atomic mass is 15.1. The Kier molecular flexibility index (Phi) is 5.29. The lowest BCUT2D eigenvalue weighted by Gasteiger charge is -2.20. The molecule has 1 unspecified atom stereocenters. The molecule has 0 aliphatic carbocycles. The number of aromatic nitrogens is 1. The molecule has 0 saturated carbocycles. The Labute approximate surface area is 92.3 Å². The maximum absolute atomic E-state index is 5.98. The fourth-order valence-corrected chi connectivity index (χ4v) is 1.73. The van der Waals surface area contributed by atoms with Gasteiger partial charge in [-0.15, -0.1) is 0 Å². The average Bonchev–Trinajstić information content (AvgIpc) is 2.19. The first-order chi connectivity index (χ1) is 7.22. The van der Waals surface area contributed by atoms with Crippen molar-refractivity contribution in [1.29, 1.82) is 0 Å². The van der Waals surface area contributed by atoms with Gasteiger partial charge in [0.1, 0.15) is 0 Å². The zero-order chi connectivity index (χ0) is 11.1. The minimum absolute atomic E-state index is 0.289. The predicted octanol–water partition coefficient (Wildman–Crippen LogP) is 1.64. The summed E-state index contributed by atoms with van der Waals surface area (Å²) in [6.07, 6.45) is 5.95. The Bertz CT molecular complexity index is 261. The van der Waals surface area contributed by atoms with Gasteiger partial charge in [0.25, 0.3) is 0 Å². The van der Waals surface area contributed by atoms with E-state index < -0.39 is 0 Å². The van der Waals surface area contributed by atoms with Crippen molar-refractivity contribution in [2.75, 3.05) is 13.6 Å². The van der Waals surface area contributed by atoms with Crippen molar-refractivity contribution < 1.29 is 0 Å². The summed E-state index contributed by atoms with van der Waals surface area (Å²) in [6, 6.07) is 4.35. The standard InChI is InChI=1S/C12H21N3/c1-3-5-12(13)10-15(2)9-11-6-4-7-14-8-11/h4,6-8,12H,3,5,9-10,13H2,1-2H3. The van der Waals surface area contributed by atoms with Crippen LogP contribution in [0.25, 0.3) is 0 Å².